The van der Waals surface area contributed by atoms with Gasteiger partial charge in [-0.25, -0.2) is 0 Å². The molecule has 9 heteroatoms. The predicted octanol–water partition coefficient (Wildman–Crippen LogP) is 4.68. The predicted molar refractivity (Wildman–Crippen MR) is 80.5 cm³/mol. The van der Waals surface area contributed by atoms with Crippen molar-refractivity contribution in [2.45, 2.75) is 13.1 Å². The third-order valence-corrected chi connectivity index (χ3v) is 3.08. The van der Waals surface area contributed by atoms with Crippen LogP contribution in [0, 0.1) is 21.4 Å². The highest BCUT2D eigenvalue weighted by Gasteiger charge is 2.31. The Hall–Kier alpha value is -3.28. The van der Waals surface area contributed by atoms with Gasteiger partial charge in [-0.3, -0.25) is 10.1 Å². The molecule has 130 valence electrons. The summed E-state index contributed by atoms with van der Waals surface area (Å²) in [6, 6.07) is 7.75. The highest BCUT2D eigenvalue weighted by atomic mass is 19.4. The number of nitro benzene ring substituents is 1. The Kier molecular flexibility index (Phi) is 5.12. The highest BCUT2D eigenvalue weighted by Crippen LogP contribution is 2.36. The van der Waals surface area contributed by atoms with Gasteiger partial charge >= 0.3 is 11.9 Å². The molecule has 0 saturated carbocycles. The van der Waals surface area contributed by atoms with Crippen molar-refractivity contribution >= 4 is 5.69 Å². The molecule has 0 spiro atoms. The highest BCUT2D eigenvalue weighted by molar-refractivity contribution is 5.53. The number of rotatable bonds is 5. The third kappa shape index (κ3) is 4.17. The Labute approximate surface area is 140 Å². The van der Waals surface area contributed by atoms with Crippen molar-refractivity contribution in [3.8, 4) is 23.3 Å². The van der Waals surface area contributed by atoms with Gasteiger partial charge in [0.05, 0.1) is 22.7 Å². The lowest BCUT2D eigenvalue weighted by molar-refractivity contribution is -0.385. The first-order valence-corrected chi connectivity index (χ1v) is 6.96. The van der Waals surface area contributed by atoms with Gasteiger partial charge in [0.25, 0.3) is 0 Å². The van der Waals surface area contributed by atoms with Crippen molar-refractivity contribution in [1.82, 2.24) is 0 Å². The Morgan fingerprint density at radius 1 is 1.20 bits per heavy atom. The molecule has 0 heterocycles. The molecule has 25 heavy (non-hydrogen) atoms. The van der Waals surface area contributed by atoms with Crippen molar-refractivity contribution in [1.29, 1.82) is 5.26 Å². The molecule has 0 aliphatic carbocycles. The van der Waals surface area contributed by atoms with Gasteiger partial charge < -0.3 is 9.47 Å². The lowest BCUT2D eigenvalue weighted by Crippen LogP contribution is -2.05. The van der Waals surface area contributed by atoms with Crippen LogP contribution in [0.4, 0.5) is 18.9 Å². The number of hydrogen-bond donors (Lipinski definition) is 0. The second-order valence-corrected chi connectivity index (χ2v) is 4.74. The summed E-state index contributed by atoms with van der Waals surface area (Å²) in [4.78, 5) is 10.3. The van der Waals surface area contributed by atoms with Crippen LogP contribution >= 0.6 is 0 Å². The van der Waals surface area contributed by atoms with Crippen molar-refractivity contribution in [2.75, 3.05) is 6.61 Å². The maximum absolute atomic E-state index is 12.7. The van der Waals surface area contributed by atoms with E-state index in [4.69, 9.17) is 14.7 Å². The van der Waals surface area contributed by atoms with Crippen LogP contribution in [0.15, 0.2) is 36.4 Å². The summed E-state index contributed by atoms with van der Waals surface area (Å²) in [6.07, 6.45) is -4.58. The van der Waals surface area contributed by atoms with Crippen LogP contribution in [0.5, 0.6) is 17.2 Å². The molecule has 0 unspecified atom stereocenters. The largest absolute Gasteiger partial charge is 0.487 e. The maximum Gasteiger partial charge on any atom is 0.416 e. The van der Waals surface area contributed by atoms with Crippen molar-refractivity contribution in [3.63, 3.8) is 0 Å². The normalized spacial score (nSPS) is 10.8. The Bertz CT molecular complexity index is 844. The molecule has 2 rings (SSSR count). The maximum atomic E-state index is 12.7. The summed E-state index contributed by atoms with van der Waals surface area (Å²) in [7, 11) is 0. The van der Waals surface area contributed by atoms with Gasteiger partial charge in [-0.15, -0.1) is 0 Å². The number of nitro groups is 1. The molecule has 0 fully saturated rings. The van der Waals surface area contributed by atoms with Gasteiger partial charge in [0.1, 0.15) is 17.6 Å². The number of ether oxygens (including phenoxy) is 2. The van der Waals surface area contributed by atoms with E-state index < -0.39 is 16.7 Å². The molecule has 0 aliphatic heterocycles. The van der Waals surface area contributed by atoms with E-state index >= 15 is 0 Å². The first kappa shape index (κ1) is 18.1. The average molecular weight is 352 g/mol. The van der Waals surface area contributed by atoms with E-state index in [1.807, 2.05) is 0 Å². The molecule has 0 N–H and O–H groups in total. The van der Waals surface area contributed by atoms with Gasteiger partial charge in [-0.05, 0) is 31.2 Å². The average Bonchev–Trinajstić information content (AvgIpc) is 2.54. The first-order chi connectivity index (χ1) is 11.8. The van der Waals surface area contributed by atoms with Gasteiger partial charge in [-0.2, -0.15) is 18.4 Å². The van der Waals surface area contributed by atoms with E-state index in [-0.39, 0.29) is 35.1 Å². The van der Waals surface area contributed by atoms with E-state index in [0.717, 1.165) is 18.2 Å². The van der Waals surface area contributed by atoms with Crippen molar-refractivity contribution in [2.24, 2.45) is 0 Å². The van der Waals surface area contributed by atoms with E-state index in [0.29, 0.717) is 6.07 Å². The fourth-order valence-electron chi connectivity index (χ4n) is 1.99. The standard InChI is InChI=1S/C16H11F3N2O4/c1-2-24-15-8-12(4-5-13(15)21(22)23)25-14-6-3-11(16(17,18)19)7-10(14)9-20/h3-8H,2H2,1H3. The first-order valence-electron chi connectivity index (χ1n) is 6.96. The molecule has 0 saturated heterocycles. The molecular formula is C16H11F3N2O4. The molecule has 2 aromatic rings. The van der Waals surface area contributed by atoms with E-state index in [9.17, 15) is 23.3 Å². The van der Waals surface area contributed by atoms with Crippen LogP contribution in [-0.4, -0.2) is 11.5 Å². The number of nitriles is 1. The minimum Gasteiger partial charge on any atom is -0.487 e. The summed E-state index contributed by atoms with van der Waals surface area (Å²) >= 11 is 0. The second-order valence-electron chi connectivity index (χ2n) is 4.74. The van der Waals surface area contributed by atoms with Gasteiger partial charge in [0, 0.05) is 12.1 Å². The van der Waals surface area contributed by atoms with Gasteiger partial charge in [0.15, 0.2) is 0 Å². The quantitative estimate of drug-likeness (QED) is 0.576. The minimum atomic E-state index is -4.58. The zero-order valence-corrected chi connectivity index (χ0v) is 12.8. The Morgan fingerprint density at radius 2 is 1.92 bits per heavy atom. The molecule has 0 radical (unpaired) electrons. The number of benzene rings is 2. The van der Waals surface area contributed by atoms with Crippen LogP contribution in [-0.2, 0) is 6.18 Å². The van der Waals surface area contributed by atoms with Gasteiger partial charge in [-0.1, -0.05) is 0 Å². The van der Waals surface area contributed by atoms with Crippen LogP contribution in [0.3, 0.4) is 0 Å². The van der Waals surface area contributed by atoms with Crippen molar-refractivity contribution < 1.29 is 27.6 Å². The third-order valence-electron chi connectivity index (χ3n) is 3.08. The molecular weight excluding hydrogens is 341 g/mol. The number of alkyl halides is 3. The zero-order chi connectivity index (χ0) is 18.6. The molecule has 0 amide bonds. The zero-order valence-electron chi connectivity index (χ0n) is 12.8. The van der Waals surface area contributed by atoms with E-state index in [1.165, 1.54) is 12.1 Å². The molecule has 0 aliphatic rings. The smallest absolute Gasteiger partial charge is 0.416 e. The topological polar surface area (TPSA) is 85.4 Å². The number of hydrogen-bond acceptors (Lipinski definition) is 5. The summed E-state index contributed by atoms with van der Waals surface area (Å²) < 4.78 is 48.6. The van der Waals surface area contributed by atoms with Crippen LogP contribution in [0.2, 0.25) is 0 Å². The van der Waals surface area contributed by atoms with Crippen LogP contribution < -0.4 is 9.47 Å². The summed E-state index contributed by atoms with van der Waals surface area (Å²) in [5.41, 5.74) is -1.57. The fraction of sp³-hybridized carbons (Fsp3) is 0.188. The molecule has 0 bridgehead atoms. The number of nitrogens with zero attached hydrogens (tertiary/aromatic N) is 2. The second kappa shape index (κ2) is 7.09. The molecule has 6 nitrogen and oxygen atoms in total. The minimum absolute atomic E-state index is 0.0459. The summed E-state index contributed by atoms with van der Waals surface area (Å²) in [5, 5.41) is 20.0. The van der Waals surface area contributed by atoms with Crippen molar-refractivity contribution in [3.05, 3.63) is 57.6 Å². The summed E-state index contributed by atoms with van der Waals surface area (Å²) in [5.74, 6) is -0.0625. The monoisotopic (exact) mass is 352 g/mol. The van der Waals surface area contributed by atoms with Crippen LogP contribution in [0.1, 0.15) is 18.1 Å². The van der Waals surface area contributed by atoms with E-state index in [1.54, 1.807) is 13.0 Å². The fourth-order valence-corrected chi connectivity index (χ4v) is 1.99. The Balaban J connectivity index is 2.38. The SMILES string of the molecule is CCOc1cc(Oc2ccc(C(F)(F)F)cc2C#N)ccc1[N+](=O)[O-]. The van der Waals surface area contributed by atoms with Crippen LogP contribution in [0.25, 0.3) is 0 Å². The lowest BCUT2D eigenvalue weighted by Gasteiger charge is -2.12. The lowest BCUT2D eigenvalue weighted by atomic mass is 10.1. The Morgan fingerprint density at radius 3 is 2.48 bits per heavy atom. The molecule has 0 atom stereocenters. The molecule has 2 aromatic carbocycles. The van der Waals surface area contributed by atoms with E-state index in [2.05, 4.69) is 0 Å². The molecule has 0 aromatic heterocycles. The number of halogens is 3. The summed E-state index contributed by atoms with van der Waals surface area (Å²) in [6.45, 7) is 1.81. The van der Waals surface area contributed by atoms with Gasteiger partial charge in [0.2, 0.25) is 5.75 Å².